The van der Waals surface area contributed by atoms with Gasteiger partial charge in [-0.05, 0) is 35.0 Å². The molecule has 2 rings (SSSR count). The molecular weight excluding hydrogens is 248 g/mol. The highest BCUT2D eigenvalue weighted by Gasteiger charge is 2.30. The SMILES string of the molecule is OB(O)Oc1ccc2cc(C(F)(F)F)ccc2c1. The van der Waals surface area contributed by atoms with Crippen LogP contribution in [0.5, 0.6) is 5.75 Å². The molecule has 3 nitrogen and oxygen atoms in total. The minimum atomic E-state index is -4.38. The predicted molar refractivity (Wildman–Crippen MR) is 59.8 cm³/mol. The van der Waals surface area contributed by atoms with Crippen LogP contribution in [0.3, 0.4) is 0 Å². The van der Waals surface area contributed by atoms with E-state index in [1.807, 2.05) is 0 Å². The highest BCUT2D eigenvalue weighted by molar-refractivity contribution is 6.33. The lowest BCUT2D eigenvalue weighted by molar-refractivity contribution is -0.137. The lowest BCUT2D eigenvalue weighted by atomic mass is 10.1. The molecule has 0 atom stereocenters. The molecule has 0 heterocycles. The topological polar surface area (TPSA) is 49.7 Å². The molecule has 0 spiro atoms. The summed E-state index contributed by atoms with van der Waals surface area (Å²) in [6.07, 6.45) is -4.38. The lowest BCUT2D eigenvalue weighted by Gasteiger charge is -2.09. The average Bonchev–Trinajstić information content (AvgIpc) is 2.26. The molecule has 0 unspecified atom stereocenters. The summed E-state index contributed by atoms with van der Waals surface area (Å²) >= 11 is 0. The van der Waals surface area contributed by atoms with E-state index in [1.54, 1.807) is 0 Å². The first-order valence-corrected chi connectivity index (χ1v) is 5.00. The molecule has 2 N–H and O–H groups in total. The minimum absolute atomic E-state index is 0.164. The first-order valence-electron chi connectivity index (χ1n) is 5.00. The largest absolute Gasteiger partial charge is 0.707 e. The number of alkyl halides is 3. The van der Waals surface area contributed by atoms with Crippen LogP contribution in [0, 0.1) is 0 Å². The second-order valence-corrected chi connectivity index (χ2v) is 3.67. The molecule has 7 heteroatoms. The molecule has 18 heavy (non-hydrogen) atoms. The second kappa shape index (κ2) is 4.51. The zero-order valence-electron chi connectivity index (χ0n) is 8.98. The van der Waals surface area contributed by atoms with Crippen molar-refractivity contribution in [3.63, 3.8) is 0 Å². The lowest BCUT2D eigenvalue weighted by Crippen LogP contribution is -2.20. The van der Waals surface area contributed by atoms with Gasteiger partial charge in [0.15, 0.2) is 0 Å². The summed E-state index contributed by atoms with van der Waals surface area (Å²) in [5.74, 6) is 0.164. The first-order chi connectivity index (χ1) is 8.36. The van der Waals surface area contributed by atoms with Gasteiger partial charge in [-0.15, -0.1) is 0 Å². The Balaban J connectivity index is 2.42. The summed E-state index contributed by atoms with van der Waals surface area (Å²) in [5.41, 5.74) is -0.731. The van der Waals surface area contributed by atoms with E-state index in [2.05, 4.69) is 4.65 Å². The van der Waals surface area contributed by atoms with E-state index in [4.69, 9.17) is 10.0 Å². The van der Waals surface area contributed by atoms with E-state index in [1.165, 1.54) is 24.3 Å². The predicted octanol–water partition coefficient (Wildman–Crippen LogP) is 2.21. The summed E-state index contributed by atoms with van der Waals surface area (Å²) in [6, 6.07) is 7.49. The number of hydrogen-bond acceptors (Lipinski definition) is 3. The van der Waals surface area contributed by atoms with Crippen molar-refractivity contribution < 1.29 is 27.9 Å². The van der Waals surface area contributed by atoms with E-state index >= 15 is 0 Å². The Morgan fingerprint density at radius 1 is 0.944 bits per heavy atom. The van der Waals surface area contributed by atoms with Crippen molar-refractivity contribution in [1.29, 1.82) is 0 Å². The van der Waals surface area contributed by atoms with Crippen LogP contribution in [0.1, 0.15) is 5.56 Å². The van der Waals surface area contributed by atoms with Crippen LogP contribution in [-0.4, -0.2) is 17.4 Å². The third-order valence-corrected chi connectivity index (χ3v) is 2.38. The van der Waals surface area contributed by atoms with Gasteiger partial charge in [-0.2, -0.15) is 13.2 Å². The molecular formula is C11H8BF3O3. The van der Waals surface area contributed by atoms with Crippen LogP contribution >= 0.6 is 0 Å². The molecule has 2 aromatic rings. The fraction of sp³-hybridized carbons (Fsp3) is 0.0909. The summed E-state index contributed by atoms with van der Waals surface area (Å²) in [5, 5.41) is 18.1. The number of halogens is 3. The smallest absolute Gasteiger partial charge is 0.512 e. The van der Waals surface area contributed by atoms with Crippen molar-refractivity contribution in [3.8, 4) is 5.75 Å². The molecule has 0 saturated carbocycles. The Bertz CT molecular complexity index is 569. The van der Waals surface area contributed by atoms with Gasteiger partial charge in [-0.25, -0.2) is 0 Å². The van der Waals surface area contributed by atoms with Crippen LogP contribution in [0.25, 0.3) is 10.8 Å². The van der Waals surface area contributed by atoms with Crippen molar-refractivity contribution in [1.82, 2.24) is 0 Å². The van der Waals surface area contributed by atoms with Gasteiger partial charge in [0.25, 0.3) is 0 Å². The molecule has 94 valence electrons. The van der Waals surface area contributed by atoms with Gasteiger partial charge in [-0.1, -0.05) is 12.1 Å². The molecule has 0 aliphatic rings. The Labute approximate surface area is 101 Å². The maximum Gasteiger partial charge on any atom is 0.707 e. The highest BCUT2D eigenvalue weighted by Crippen LogP contribution is 2.32. The normalized spacial score (nSPS) is 11.6. The van der Waals surface area contributed by atoms with Gasteiger partial charge in [0.1, 0.15) is 5.75 Å². The Kier molecular flexibility index (Phi) is 3.19. The van der Waals surface area contributed by atoms with Gasteiger partial charge >= 0.3 is 13.5 Å². The molecule has 0 saturated heterocycles. The Morgan fingerprint density at radius 2 is 1.56 bits per heavy atom. The van der Waals surface area contributed by atoms with Crippen molar-refractivity contribution in [2.45, 2.75) is 6.18 Å². The van der Waals surface area contributed by atoms with Crippen LogP contribution in [0.15, 0.2) is 36.4 Å². The summed E-state index contributed by atoms with van der Waals surface area (Å²) < 4.78 is 42.0. The molecule has 0 bridgehead atoms. The molecule has 0 fully saturated rings. The van der Waals surface area contributed by atoms with E-state index in [-0.39, 0.29) is 5.75 Å². The van der Waals surface area contributed by atoms with Crippen LogP contribution < -0.4 is 4.65 Å². The highest BCUT2D eigenvalue weighted by atomic mass is 19.4. The number of fused-ring (bicyclic) bond motifs is 1. The Morgan fingerprint density at radius 3 is 2.17 bits per heavy atom. The van der Waals surface area contributed by atoms with Gasteiger partial charge in [0.2, 0.25) is 0 Å². The molecule has 0 aliphatic heterocycles. The Hall–Kier alpha value is -1.73. The third kappa shape index (κ3) is 2.74. The fourth-order valence-corrected chi connectivity index (χ4v) is 1.60. The number of hydrogen-bond donors (Lipinski definition) is 2. The van der Waals surface area contributed by atoms with E-state index in [0.29, 0.717) is 10.8 Å². The zero-order chi connectivity index (χ0) is 13.3. The van der Waals surface area contributed by atoms with E-state index in [9.17, 15) is 13.2 Å². The van der Waals surface area contributed by atoms with Crippen LogP contribution in [0.2, 0.25) is 0 Å². The zero-order valence-corrected chi connectivity index (χ0v) is 8.98. The summed E-state index contributed by atoms with van der Waals surface area (Å²) in [7, 11) is -1.96. The quantitative estimate of drug-likeness (QED) is 0.810. The van der Waals surface area contributed by atoms with Gasteiger partial charge in [0, 0.05) is 0 Å². The van der Waals surface area contributed by atoms with Crippen molar-refractivity contribution in [3.05, 3.63) is 42.0 Å². The second-order valence-electron chi connectivity index (χ2n) is 3.67. The number of benzene rings is 2. The molecule has 0 radical (unpaired) electrons. The molecule has 2 aromatic carbocycles. The first kappa shape index (κ1) is 12.7. The summed E-state index contributed by atoms with van der Waals surface area (Å²) in [4.78, 5) is 0. The van der Waals surface area contributed by atoms with Crippen LogP contribution in [0.4, 0.5) is 13.2 Å². The minimum Gasteiger partial charge on any atom is -0.512 e. The van der Waals surface area contributed by atoms with E-state index < -0.39 is 19.1 Å². The molecule has 0 aromatic heterocycles. The maximum atomic E-state index is 12.5. The summed E-state index contributed by atoms with van der Waals surface area (Å²) in [6.45, 7) is 0. The van der Waals surface area contributed by atoms with E-state index in [0.717, 1.165) is 12.1 Å². The third-order valence-electron chi connectivity index (χ3n) is 2.38. The fourth-order valence-electron chi connectivity index (χ4n) is 1.60. The van der Waals surface area contributed by atoms with Crippen molar-refractivity contribution in [2.75, 3.05) is 0 Å². The van der Waals surface area contributed by atoms with Gasteiger partial charge in [0.05, 0.1) is 5.56 Å². The monoisotopic (exact) mass is 256 g/mol. The van der Waals surface area contributed by atoms with Crippen molar-refractivity contribution >= 4 is 18.1 Å². The molecule has 0 aliphatic carbocycles. The van der Waals surface area contributed by atoms with Gasteiger partial charge in [-0.3, -0.25) is 0 Å². The van der Waals surface area contributed by atoms with Crippen LogP contribution in [-0.2, 0) is 6.18 Å². The van der Waals surface area contributed by atoms with Gasteiger partial charge < -0.3 is 14.7 Å². The average molecular weight is 256 g/mol. The van der Waals surface area contributed by atoms with Crippen molar-refractivity contribution in [2.24, 2.45) is 0 Å². The maximum absolute atomic E-state index is 12.5. The molecule has 0 amide bonds. The number of rotatable bonds is 2. The standard InChI is InChI=1S/C11H8BF3O3/c13-11(14,15)9-3-1-8-6-10(18-12(16)17)4-2-7(8)5-9/h1-6,16-17H.